The van der Waals surface area contributed by atoms with E-state index in [2.05, 4.69) is 0 Å². The average Bonchev–Trinajstić information content (AvgIpc) is 2.17. The van der Waals surface area contributed by atoms with Gasteiger partial charge in [0.05, 0.1) is 19.5 Å². The zero-order valence-corrected chi connectivity index (χ0v) is 9.49. The maximum absolute atomic E-state index is 11.3. The first-order valence-electron chi connectivity index (χ1n) is 5.07. The molecule has 0 heterocycles. The number of carbonyl (C=O) groups excluding carboxylic acids is 2. The van der Waals surface area contributed by atoms with Gasteiger partial charge in [0.1, 0.15) is 11.7 Å². The second-order valence-electron chi connectivity index (χ2n) is 2.98. The summed E-state index contributed by atoms with van der Waals surface area (Å²) in [6.45, 7) is 5.82. The number of Topliss-reactive ketones (excluding diaryl/α,β-unsaturated/α-hetero) is 1. The average molecular weight is 214 g/mol. The lowest BCUT2D eigenvalue weighted by Gasteiger charge is -2.09. The second kappa shape index (κ2) is 8.03. The molecule has 4 nitrogen and oxygen atoms in total. The molecule has 86 valence electrons. The van der Waals surface area contributed by atoms with Gasteiger partial charge in [-0.1, -0.05) is 0 Å². The van der Waals surface area contributed by atoms with Crippen LogP contribution >= 0.6 is 0 Å². The van der Waals surface area contributed by atoms with Crippen molar-refractivity contribution in [2.24, 2.45) is 5.92 Å². The molecule has 4 heteroatoms. The van der Waals surface area contributed by atoms with Gasteiger partial charge in [-0.05, 0) is 33.3 Å². The first-order chi connectivity index (χ1) is 7.13. The van der Waals surface area contributed by atoms with E-state index in [1.54, 1.807) is 13.0 Å². The Bertz CT molecular complexity index is 233. The Hall–Kier alpha value is -1.32. The molecule has 0 fully saturated rings. The molecule has 1 unspecified atom stereocenters. The molecule has 0 aliphatic heterocycles. The van der Waals surface area contributed by atoms with Crippen LogP contribution in [0.5, 0.6) is 0 Å². The summed E-state index contributed by atoms with van der Waals surface area (Å²) in [5.74, 6) is -1.36. The zero-order valence-electron chi connectivity index (χ0n) is 9.49. The first kappa shape index (κ1) is 13.7. The summed E-state index contributed by atoms with van der Waals surface area (Å²) in [5, 5.41) is 0. The van der Waals surface area contributed by atoms with Crippen LogP contribution in [0, 0.1) is 5.92 Å². The van der Waals surface area contributed by atoms with Crippen LogP contribution in [0.2, 0.25) is 0 Å². The molecular weight excluding hydrogens is 196 g/mol. The van der Waals surface area contributed by atoms with Crippen LogP contribution in [0.3, 0.4) is 0 Å². The topological polar surface area (TPSA) is 52.6 Å². The Labute approximate surface area is 90.2 Å². The second-order valence-corrected chi connectivity index (χ2v) is 2.98. The van der Waals surface area contributed by atoms with E-state index >= 15 is 0 Å². The number of ketones is 1. The predicted molar refractivity (Wildman–Crippen MR) is 56.2 cm³/mol. The van der Waals surface area contributed by atoms with Gasteiger partial charge in [-0.2, -0.15) is 0 Å². The van der Waals surface area contributed by atoms with Crippen molar-refractivity contribution in [2.75, 3.05) is 13.2 Å². The van der Waals surface area contributed by atoms with Crippen molar-refractivity contribution >= 4 is 11.8 Å². The summed E-state index contributed by atoms with van der Waals surface area (Å²) in [7, 11) is 0. The fraction of sp³-hybridized carbons (Fsp3) is 0.636. The lowest BCUT2D eigenvalue weighted by Crippen LogP contribution is -2.23. The summed E-state index contributed by atoms with van der Waals surface area (Å²) in [4.78, 5) is 22.5. The molecule has 0 aromatic carbocycles. The molecule has 0 aromatic rings. The Morgan fingerprint density at radius 1 is 1.27 bits per heavy atom. The fourth-order valence-corrected chi connectivity index (χ4v) is 1.03. The van der Waals surface area contributed by atoms with E-state index in [0.29, 0.717) is 13.0 Å². The molecule has 1 atom stereocenters. The van der Waals surface area contributed by atoms with Gasteiger partial charge in [-0.3, -0.25) is 9.59 Å². The molecule has 0 rings (SSSR count). The van der Waals surface area contributed by atoms with Crippen LogP contribution in [0.1, 0.15) is 27.2 Å². The van der Waals surface area contributed by atoms with Crippen molar-refractivity contribution in [1.29, 1.82) is 0 Å². The molecule has 0 radical (unpaired) electrons. The number of carbonyl (C=O) groups is 2. The van der Waals surface area contributed by atoms with Crippen LogP contribution < -0.4 is 0 Å². The van der Waals surface area contributed by atoms with Crippen molar-refractivity contribution in [3.8, 4) is 0 Å². The van der Waals surface area contributed by atoms with E-state index in [9.17, 15) is 9.59 Å². The van der Waals surface area contributed by atoms with Crippen LogP contribution in [0.4, 0.5) is 0 Å². The first-order valence-corrected chi connectivity index (χ1v) is 5.07. The maximum atomic E-state index is 11.3. The number of rotatable bonds is 7. The molecule has 0 saturated carbocycles. The number of hydrogen-bond acceptors (Lipinski definition) is 4. The van der Waals surface area contributed by atoms with E-state index in [-0.39, 0.29) is 12.4 Å². The molecule has 0 aliphatic carbocycles. The predicted octanol–water partition coefficient (Wildman–Crippen LogP) is 1.70. The summed E-state index contributed by atoms with van der Waals surface area (Å²) in [6.07, 6.45) is 3.48. The molecule has 15 heavy (non-hydrogen) atoms. The van der Waals surface area contributed by atoms with Gasteiger partial charge in [0.25, 0.3) is 0 Å². The summed E-state index contributed by atoms with van der Waals surface area (Å²) < 4.78 is 9.75. The molecule has 0 spiro atoms. The Kier molecular flexibility index (Phi) is 7.32. The number of ether oxygens (including phenoxy) is 2. The zero-order chi connectivity index (χ0) is 11.7. The van der Waals surface area contributed by atoms with E-state index in [0.717, 1.165) is 0 Å². The molecule has 0 saturated heterocycles. The Morgan fingerprint density at radius 2 is 1.93 bits per heavy atom. The molecule has 0 aliphatic rings. The van der Waals surface area contributed by atoms with Crippen LogP contribution in [0.15, 0.2) is 12.3 Å². The standard InChI is InChI=1S/C11H18O4/c1-4-14-8-6-7-10(9(3)12)11(13)15-5-2/h6,8,10H,4-5,7H2,1-3H3/b8-6+. The number of esters is 1. The van der Waals surface area contributed by atoms with Crippen LogP contribution in [0.25, 0.3) is 0 Å². The van der Waals surface area contributed by atoms with Crippen molar-refractivity contribution < 1.29 is 19.1 Å². The normalized spacial score (nSPS) is 12.5. The minimum atomic E-state index is -0.707. The van der Waals surface area contributed by atoms with Crippen molar-refractivity contribution in [2.45, 2.75) is 27.2 Å². The Balaban J connectivity index is 4.16. The monoisotopic (exact) mass is 214 g/mol. The highest BCUT2D eigenvalue weighted by atomic mass is 16.5. The molecule has 0 bridgehead atoms. The van der Waals surface area contributed by atoms with Crippen molar-refractivity contribution in [1.82, 2.24) is 0 Å². The van der Waals surface area contributed by atoms with Crippen LogP contribution in [-0.2, 0) is 19.1 Å². The third kappa shape index (κ3) is 5.88. The van der Waals surface area contributed by atoms with Gasteiger partial charge in [0, 0.05) is 0 Å². The summed E-state index contributed by atoms with van der Waals surface area (Å²) >= 11 is 0. The summed E-state index contributed by atoms with van der Waals surface area (Å²) in [6, 6.07) is 0. The van der Waals surface area contributed by atoms with E-state index < -0.39 is 11.9 Å². The largest absolute Gasteiger partial charge is 0.502 e. The highest BCUT2D eigenvalue weighted by molar-refractivity contribution is 5.97. The molecular formula is C11H18O4. The van der Waals surface area contributed by atoms with Gasteiger partial charge in [-0.25, -0.2) is 0 Å². The van der Waals surface area contributed by atoms with Gasteiger partial charge < -0.3 is 9.47 Å². The molecule has 0 aromatic heterocycles. The minimum Gasteiger partial charge on any atom is -0.502 e. The van der Waals surface area contributed by atoms with Gasteiger partial charge in [0.15, 0.2) is 0 Å². The molecule has 0 amide bonds. The van der Waals surface area contributed by atoms with E-state index in [4.69, 9.17) is 9.47 Å². The number of allylic oxidation sites excluding steroid dienone is 1. The lowest BCUT2D eigenvalue weighted by atomic mass is 10.0. The minimum absolute atomic E-state index is 0.186. The van der Waals surface area contributed by atoms with Crippen molar-refractivity contribution in [3.05, 3.63) is 12.3 Å². The quantitative estimate of drug-likeness (QED) is 0.367. The number of hydrogen-bond donors (Lipinski definition) is 0. The lowest BCUT2D eigenvalue weighted by molar-refractivity contribution is -0.150. The Morgan fingerprint density at radius 3 is 2.40 bits per heavy atom. The third-order valence-corrected chi connectivity index (χ3v) is 1.79. The highest BCUT2D eigenvalue weighted by Gasteiger charge is 2.22. The van der Waals surface area contributed by atoms with Gasteiger partial charge >= 0.3 is 5.97 Å². The van der Waals surface area contributed by atoms with Gasteiger partial charge in [0.2, 0.25) is 0 Å². The SMILES string of the molecule is CCO/C=C/CC(C(C)=O)C(=O)OCC. The summed E-state index contributed by atoms with van der Waals surface area (Å²) in [5.41, 5.74) is 0. The molecule has 0 N–H and O–H groups in total. The highest BCUT2D eigenvalue weighted by Crippen LogP contribution is 2.08. The fourth-order valence-electron chi connectivity index (χ4n) is 1.03. The maximum Gasteiger partial charge on any atom is 0.316 e. The van der Waals surface area contributed by atoms with E-state index in [1.165, 1.54) is 13.2 Å². The van der Waals surface area contributed by atoms with Crippen LogP contribution in [-0.4, -0.2) is 25.0 Å². The van der Waals surface area contributed by atoms with E-state index in [1.807, 2.05) is 6.92 Å². The smallest absolute Gasteiger partial charge is 0.316 e. The van der Waals surface area contributed by atoms with Gasteiger partial charge in [-0.15, -0.1) is 0 Å². The third-order valence-electron chi connectivity index (χ3n) is 1.79. The van der Waals surface area contributed by atoms with Crippen molar-refractivity contribution in [3.63, 3.8) is 0 Å².